The van der Waals surface area contributed by atoms with E-state index in [1.807, 2.05) is 0 Å². The predicted molar refractivity (Wildman–Crippen MR) is 65.7 cm³/mol. The number of nitrogens with zero attached hydrogens (tertiary/aromatic N) is 3. The van der Waals surface area contributed by atoms with Crippen molar-refractivity contribution in [3.63, 3.8) is 0 Å². The summed E-state index contributed by atoms with van der Waals surface area (Å²) in [5.74, 6) is -0.270. The molecular formula is C11H16ClN3O3. The average Bonchev–Trinajstić information content (AvgIpc) is 2.55. The lowest BCUT2D eigenvalue weighted by atomic mass is 10.3. The molecule has 0 spiro atoms. The second kappa shape index (κ2) is 5.26. The van der Waals surface area contributed by atoms with Gasteiger partial charge in [0.05, 0.1) is 30.0 Å². The number of ether oxygens (including phenoxy) is 1. The van der Waals surface area contributed by atoms with Crippen LogP contribution in [-0.2, 0) is 11.8 Å². The van der Waals surface area contributed by atoms with Crippen LogP contribution in [-0.4, -0.2) is 58.1 Å². The Morgan fingerprint density at radius 2 is 2.33 bits per heavy atom. The van der Waals surface area contributed by atoms with Crippen LogP contribution in [0.1, 0.15) is 16.2 Å². The molecule has 1 N–H and O–H groups in total. The van der Waals surface area contributed by atoms with Crippen LogP contribution in [0.5, 0.6) is 0 Å². The second-order valence-corrected chi connectivity index (χ2v) is 4.73. The molecule has 1 aliphatic rings. The average molecular weight is 274 g/mol. The highest BCUT2D eigenvalue weighted by atomic mass is 35.5. The Morgan fingerprint density at radius 1 is 1.61 bits per heavy atom. The number of aliphatic hydroxyl groups is 1. The SMILES string of the molecule is Cc1c(Cl)c(C(=O)N2CCOC[C@@H](O)C2)nn1C. The molecule has 0 aromatic carbocycles. The first-order chi connectivity index (χ1) is 8.50. The van der Waals surface area contributed by atoms with E-state index in [9.17, 15) is 9.90 Å². The Morgan fingerprint density at radius 3 is 2.94 bits per heavy atom. The van der Waals surface area contributed by atoms with Crippen molar-refractivity contribution in [2.75, 3.05) is 26.3 Å². The molecule has 0 bridgehead atoms. The van der Waals surface area contributed by atoms with Crippen LogP contribution in [0.3, 0.4) is 0 Å². The standard InChI is InChI=1S/C11H16ClN3O3/c1-7-9(12)10(13-14(7)2)11(17)15-3-4-18-6-8(16)5-15/h8,16H,3-6H2,1-2H3/t8-/m0/s1. The summed E-state index contributed by atoms with van der Waals surface area (Å²) in [5.41, 5.74) is 0.970. The quantitative estimate of drug-likeness (QED) is 0.795. The Bertz CT molecular complexity index is 461. The zero-order chi connectivity index (χ0) is 13.3. The molecular weight excluding hydrogens is 258 g/mol. The monoisotopic (exact) mass is 273 g/mol. The number of aliphatic hydroxyl groups excluding tert-OH is 1. The highest BCUT2D eigenvalue weighted by Gasteiger charge is 2.26. The fourth-order valence-corrected chi connectivity index (χ4v) is 2.09. The molecule has 1 saturated heterocycles. The summed E-state index contributed by atoms with van der Waals surface area (Å²) in [5, 5.41) is 14.1. The highest BCUT2D eigenvalue weighted by Crippen LogP contribution is 2.21. The number of carbonyl (C=O) groups is 1. The van der Waals surface area contributed by atoms with Gasteiger partial charge in [0.2, 0.25) is 0 Å². The highest BCUT2D eigenvalue weighted by molar-refractivity contribution is 6.34. The maximum Gasteiger partial charge on any atom is 0.276 e. The smallest absolute Gasteiger partial charge is 0.276 e. The molecule has 7 heteroatoms. The molecule has 1 amide bonds. The van der Waals surface area contributed by atoms with Gasteiger partial charge in [-0.05, 0) is 6.92 Å². The van der Waals surface area contributed by atoms with Gasteiger partial charge in [0.25, 0.3) is 5.91 Å². The minimum Gasteiger partial charge on any atom is -0.389 e. The summed E-state index contributed by atoms with van der Waals surface area (Å²) in [6.45, 7) is 3.13. The van der Waals surface area contributed by atoms with E-state index in [0.29, 0.717) is 18.2 Å². The number of aryl methyl sites for hydroxylation is 1. The van der Waals surface area contributed by atoms with E-state index in [2.05, 4.69) is 5.10 Å². The lowest BCUT2D eigenvalue weighted by molar-refractivity contribution is 0.0532. The van der Waals surface area contributed by atoms with Crippen molar-refractivity contribution in [1.29, 1.82) is 0 Å². The number of rotatable bonds is 1. The van der Waals surface area contributed by atoms with Crippen molar-refractivity contribution < 1.29 is 14.6 Å². The Hall–Kier alpha value is -1.11. The molecule has 2 heterocycles. The van der Waals surface area contributed by atoms with Crippen molar-refractivity contribution in [3.05, 3.63) is 16.4 Å². The Labute approximate surface area is 110 Å². The summed E-state index contributed by atoms with van der Waals surface area (Å²) in [4.78, 5) is 13.8. The molecule has 100 valence electrons. The van der Waals surface area contributed by atoms with E-state index < -0.39 is 6.10 Å². The summed E-state index contributed by atoms with van der Waals surface area (Å²) in [6.07, 6.45) is -0.667. The third kappa shape index (κ3) is 2.50. The molecule has 0 unspecified atom stereocenters. The lowest BCUT2D eigenvalue weighted by Gasteiger charge is -2.20. The number of halogens is 1. The van der Waals surface area contributed by atoms with Crippen LogP contribution in [0.25, 0.3) is 0 Å². The number of β-amino-alcohol motifs (C(OH)–C–C–N with tert-alkyl or cyclic N) is 1. The van der Waals surface area contributed by atoms with Crippen molar-refractivity contribution in [3.8, 4) is 0 Å². The zero-order valence-electron chi connectivity index (χ0n) is 10.4. The lowest BCUT2D eigenvalue weighted by Crippen LogP contribution is -2.38. The maximum atomic E-state index is 12.3. The summed E-state index contributed by atoms with van der Waals surface area (Å²) in [7, 11) is 1.73. The number of amides is 1. The van der Waals surface area contributed by atoms with Crippen LogP contribution < -0.4 is 0 Å². The van der Waals surface area contributed by atoms with Crippen LogP contribution >= 0.6 is 11.6 Å². The molecule has 1 atom stereocenters. The van der Waals surface area contributed by atoms with E-state index >= 15 is 0 Å². The molecule has 1 aliphatic heterocycles. The number of carbonyl (C=O) groups excluding carboxylic acids is 1. The normalized spacial score (nSPS) is 20.9. The van der Waals surface area contributed by atoms with E-state index in [-0.39, 0.29) is 24.8 Å². The third-order valence-electron chi connectivity index (χ3n) is 3.00. The Kier molecular flexibility index (Phi) is 3.89. The van der Waals surface area contributed by atoms with Gasteiger partial charge in [0.15, 0.2) is 5.69 Å². The molecule has 1 fully saturated rings. The molecule has 18 heavy (non-hydrogen) atoms. The van der Waals surface area contributed by atoms with Gasteiger partial charge in [0.1, 0.15) is 0 Å². The summed E-state index contributed by atoms with van der Waals surface area (Å²) < 4.78 is 6.75. The van der Waals surface area contributed by atoms with Crippen LogP contribution in [0.15, 0.2) is 0 Å². The van der Waals surface area contributed by atoms with Crippen LogP contribution in [0, 0.1) is 6.92 Å². The van der Waals surface area contributed by atoms with Gasteiger partial charge in [-0.25, -0.2) is 0 Å². The first-order valence-corrected chi connectivity index (χ1v) is 6.12. The minimum absolute atomic E-state index is 0.228. The van der Waals surface area contributed by atoms with E-state index in [1.54, 1.807) is 18.7 Å². The van der Waals surface area contributed by atoms with Gasteiger partial charge in [-0.1, -0.05) is 11.6 Å². The molecule has 0 saturated carbocycles. The van der Waals surface area contributed by atoms with E-state index in [1.165, 1.54) is 4.90 Å². The second-order valence-electron chi connectivity index (χ2n) is 4.35. The predicted octanol–water partition coefficient (Wildman–Crippen LogP) is 0.215. The number of hydrogen-bond acceptors (Lipinski definition) is 4. The largest absolute Gasteiger partial charge is 0.389 e. The first kappa shape index (κ1) is 13.3. The third-order valence-corrected chi connectivity index (χ3v) is 3.45. The van der Waals surface area contributed by atoms with Crippen LogP contribution in [0.2, 0.25) is 5.02 Å². The molecule has 1 aromatic rings. The molecule has 2 rings (SSSR count). The van der Waals surface area contributed by atoms with Gasteiger partial charge in [0, 0.05) is 20.1 Å². The molecule has 0 aliphatic carbocycles. The Balaban J connectivity index is 2.21. The topological polar surface area (TPSA) is 67.6 Å². The molecule has 6 nitrogen and oxygen atoms in total. The molecule has 1 aromatic heterocycles. The summed E-state index contributed by atoms with van der Waals surface area (Å²) >= 11 is 6.08. The van der Waals surface area contributed by atoms with Gasteiger partial charge < -0.3 is 14.7 Å². The fraction of sp³-hybridized carbons (Fsp3) is 0.636. The van der Waals surface area contributed by atoms with E-state index in [0.717, 1.165) is 5.69 Å². The number of hydrogen-bond donors (Lipinski definition) is 1. The van der Waals surface area contributed by atoms with Crippen molar-refractivity contribution in [2.45, 2.75) is 13.0 Å². The first-order valence-electron chi connectivity index (χ1n) is 5.75. The van der Waals surface area contributed by atoms with Gasteiger partial charge >= 0.3 is 0 Å². The zero-order valence-corrected chi connectivity index (χ0v) is 11.1. The van der Waals surface area contributed by atoms with Crippen molar-refractivity contribution in [2.24, 2.45) is 7.05 Å². The number of aromatic nitrogens is 2. The summed E-state index contributed by atoms with van der Waals surface area (Å²) in [6, 6.07) is 0. The van der Waals surface area contributed by atoms with Crippen molar-refractivity contribution >= 4 is 17.5 Å². The van der Waals surface area contributed by atoms with Crippen molar-refractivity contribution in [1.82, 2.24) is 14.7 Å². The van der Waals surface area contributed by atoms with Gasteiger partial charge in [-0.15, -0.1) is 0 Å². The van der Waals surface area contributed by atoms with Crippen LogP contribution in [0.4, 0.5) is 0 Å². The molecule has 0 radical (unpaired) electrons. The fourth-order valence-electron chi connectivity index (χ4n) is 1.85. The minimum atomic E-state index is -0.667. The van der Waals surface area contributed by atoms with E-state index in [4.69, 9.17) is 16.3 Å². The van der Waals surface area contributed by atoms with Gasteiger partial charge in [-0.3, -0.25) is 9.48 Å². The maximum absolute atomic E-state index is 12.3. The van der Waals surface area contributed by atoms with Gasteiger partial charge in [-0.2, -0.15) is 5.10 Å².